The minimum absolute atomic E-state index is 0.0473. The zero-order valence-corrected chi connectivity index (χ0v) is 19.5. The molecule has 1 N–H and O–H groups in total. The van der Waals surface area contributed by atoms with Crippen molar-refractivity contribution >= 4 is 17.8 Å². The van der Waals surface area contributed by atoms with Gasteiger partial charge in [-0.05, 0) is 39.0 Å². The van der Waals surface area contributed by atoms with E-state index in [1.54, 1.807) is 6.92 Å². The lowest BCUT2D eigenvalue weighted by Gasteiger charge is -2.36. The van der Waals surface area contributed by atoms with Crippen LogP contribution in [-0.4, -0.2) is 47.6 Å². The summed E-state index contributed by atoms with van der Waals surface area (Å²) >= 11 is 0. The third kappa shape index (κ3) is 8.33. The normalized spacial score (nSPS) is 20.5. The zero-order chi connectivity index (χ0) is 22.4. The zero-order valence-electron chi connectivity index (χ0n) is 19.5. The van der Waals surface area contributed by atoms with Crippen LogP contribution in [0.15, 0.2) is 0 Å². The van der Waals surface area contributed by atoms with Crippen molar-refractivity contribution in [3.63, 3.8) is 0 Å². The average molecular weight is 415 g/mol. The highest BCUT2D eigenvalue weighted by Crippen LogP contribution is 2.46. The van der Waals surface area contributed by atoms with Crippen molar-refractivity contribution in [2.75, 3.05) is 13.2 Å². The van der Waals surface area contributed by atoms with Gasteiger partial charge in [-0.3, -0.25) is 14.4 Å². The van der Waals surface area contributed by atoms with Gasteiger partial charge in [0.25, 0.3) is 5.91 Å². The second kappa shape index (κ2) is 14.4. The molecule has 1 unspecified atom stereocenters. The summed E-state index contributed by atoms with van der Waals surface area (Å²) in [4.78, 5) is 41.8. The molecule has 3 rings (SSSR count). The predicted molar refractivity (Wildman–Crippen MR) is 114 cm³/mol. The number of carbonyl (C=O) groups excluding carboxylic acids is 3. The highest BCUT2D eigenvalue weighted by atomic mass is 16.7. The van der Waals surface area contributed by atoms with Crippen LogP contribution in [0.4, 0.5) is 0 Å². The Kier molecular flexibility index (Phi) is 13.6. The van der Waals surface area contributed by atoms with Crippen LogP contribution in [0.1, 0.15) is 93.4 Å². The van der Waals surface area contributed by atoms with Crippen molar-refractivity contribution < 1.29 is 24.0 Å². The maximum atomic E-state index is 12.3. The first-order chi connectivity index (χ1) is 14.0. The first kappa shape index (κ1) is 27.4. The predicted octanol–water partition coefficient (Wildman–Crippen LogP) is 4.00. The molecule has 0 aromatic carbocycles. The van der Waals surface area contributed by atoms with E-state index >= 15 is 0 Å². The van der Waals surface area contributed by atoms with E-state index in [0.29, 0.717) is 6.42 Å². The van der Waals surface area contributed by atoms with Crippen LogP contribution < -0.4 is 5.32 Å². The Labute approximate surface area is 176 Å². The fourth-order valence-electron chi connectivity index (χ4n) is 2.98. The number of hydroxylamine groups is 2. The number of rotatable bonds is 5. The molecular formula is C22H42N2O5. The summed E-state index contributed by atoms with van der Waals surface area (Å²) in [6.07, 6.45) is 6.23. The molecule has 3 aliphatic rings. The molecule has 0 aromatic heterocycles. The van der Waals surface area contributed by atoms with Gasteiger partial charge in [0.15, 0.2) is 6.04 Å². The van der Waals surface area contributed by atoms with E-state index in [-0.39, 0.29) is 25.0 Å². The van der Waals surface area contributed by atoms with Gasteiger partial charge in [0.2, 0.25) is 5.91 Å². The summed E-state index contributed by atoms with van der Waals surface area (Å²) in [5, 5.41) is 3.74. The average Bonchev–Trinajstić information content (AvgIpc) is 3.47. The highest BCUT2D eigenvalue weighted by Gasteiger charge is 2.54. The monoisotopic (exact) mass is 414 g/mol. The molecule has 3 fully saturated rings. The van der Waals surface area contributed by atoms with Crippen LogP contribution in [0.25, 0.3) is 0 Å². The third-order valence-electron chi connectivity index (χ3n) is 4.57. The maximum absolute atomic E-state index is 12.3. The van der Waals surface area contributed by atoms with Crippen molar-refractivity contribution in [1.82, 2.24) is 10.4 Å². The molecule has 7 nitrogen and oxygen atoms in total. The van der Waals surface area contributed by atoms with E-state index in [1.165, 1.54) is 6.42 Å². The topological polar surface area (TPSA) is 84.9 Å². The van der Waals surface area contributed by atoms with Crippen LogP contribution in [0.3, 0.4) is 0 Å². The summed E-state index contributed by atoms with van der Waals surface area (Å²) in [6.45, 7) is 14.1. The van der Waals surface area contributed by atoms with Crippen LogP contribution in [-0.2, 0) is 24.0 Å². The molecule has 0 radical (unpaired) electrons. The Morgan fingerprint density at radius 2 is 1.62 bits per heavy atom. The van der Waals surface area contributed by atoms with Gasteiger partial charge in [0.1, 0.15) is 0 Å². The first-order valence-electron chi connectivity index (χ1n) is 11.4. The van der Waals surface area contributed by atoms with Crippen molar-refractivity contribution in [2.24, 2.45) is 5.92 Å². The number of esters is 1. The number of amides is 2. The molecule has 1 saturated heterocycles. The number of ether oxygens (including phenoxy) is 1. The molecule has 7 heteroatoms. The van der Waals surface area contributed by atoms with Gasteiger partial charge in [-0.2, -0.15) is 0 Å². The largest absolute Gasteiger partial charge is 0.464 e. The molecule has 1 aliphatic heterocycles. The number of carbonyl (C=O) groups is 3. The van der Waals surface area contributed by atoms with E-state index in [0.717, 1.165) is 37.2 Å². The van der Waals surface area contributed by atoms with Crippen LogP contribution in [0.5, 0.6) is 0 Å². The Balaban J connectivity index is 0.00000100. The van der Waals surface area contributed by atoms with Gasteiger partial charge in [0, 0.05) is 12.3 Å². The minimum atomic E-state index is -0.703. The Hall–Kier alpha value is -1.63. The van der Waals surface area contributed by atoms with E-state index in [2.05, 4.69) is 19.2 Å². The van der Waals surface area contributed by atoms with Crippen molar-refractivity contribution in [2.45, 2.75) is 105 Å². The molecule has 2 saturated carbocycles. The van der Waals surface area contributed by atoms with Crippen molar-refractivity contribution in [1.29, 1.82) is 0 Å². The van der Waals surface area contributed by atoms with Gasteiger partial charge < -0.3 is 10.1 Å². The molecule has 2 aliphatic carbocycles. The van der Waals surface area contributed by atoms with Gasteiger partial charge >= 0.3 is 5.97 Å². The maximum Gasteiger partial charge on any atom is 0.331 e. The third-order valence-corrected chi connectivity index (χ3v) is 4.57. The summed E-state index contributed by atoms with van der Waals surface area (Å²) in [7, 11) is 0. The van der Waals surface area contributed by atoms with Crippen LogP contribution in [0.2, 0.25) is 0 Å². The fourth-order valence-corrected chi connectivity index (χ4v) is 2.98. The lowest BCUT2D eigenvalue weighted by atomic mass is 9.77. The van der Waals surface area contributed by atoms with Crippen molar-refractivity contribution in [3.8, 4) is 0 Å². The minimum Gasteiger partial charge on any atom is -0.464 e. The first-order valence-corrected chi connectivity index (χ1v) is 11.4. The summed E-state index contributed by atoms with van der Waals surface area (Å²) in [5.41, 5.74) is -0.395. The number of hydrogen-bond donors (Lipinski definition) is 1. The van der Waals surface area contributed by atoms with E-state index in [4.69, 9.17) is 9.57 Å². The molecule has 2 amide bonds. The molecule has 29 heavy (non-hydrogen) atoms. The van der Waals surface area contributed by atoms with E-state index in [9.17, 15) is 14.4 Å². The summed E-state index contributed by atoms with van der Waals surface area (Å²) in [5.74, 6) is -0.881. The molecule has 0 bridgehead atoms. The summed E-state index contributed by atoms with van der Waals surface area (Å²) in [6, 6.07) is -0.703. The number of nitrogens with zero attached hydrogens (tertiary/aromatic N) is 1. The molecule has 1 heterocycles. The molecular weight excluding hydrogens is 372 g/mol. The van der Waals surface area contributed by atoms with E-state index in [1.807, 2.05) is 27.7 Å². The van der Waals surface area contributed by atoms with Gasteiger partial charge in [0.05, 0.1) is 18.8 Å². The Morgan fingerprint density at radius 1 is 1.07 bits per heavy atom. The lowest BCUT2D eigenvalue weighted by molar-refractivity contribution is -0.228. The second-order valence-electron chi connectivity index (χ2n) is 7.02. The van der Waals surface area contributed by atoms with Gasteiger partial charge in [-0.15, -0.1) is 0 Å². The molecule has 170 valence electrons. The Morgan fingerprint density at radius 3 is 2.03 bits per heavy atom. The van der Waals surface area contributed by atoms with Crippen LogP contribution in [0, 0.1) is 5.92 Å². The fraction of sp³-hybridized carbons (Fsp3) is 0.864. The van der Waals surface area contributed by atoms with Crippen molar-refractivity contribution in [3.05, 3.63) is 0 Å². The number of nitrogens with one attached hydrogen (secondary N) is 1. The molecule has 0 aromatic rings. The van der Waals surface area contributed by atoms with Gasteiger partial charge in [-0.1, -0.05) is 48.0 Å². The lowest BCUT2D eigenvalue weighted by Crippen LogP contribution is -2.46. The molecule has 1 spiro atoms. The quantitative estimate of drug-likeness (QED) is 0.687. The summed E-state index contributed by atoms with van der Waals surface area (Å²) < 4.78 is 5.04. The SMILES string of the molecule is CC.CC.CCC.CCOC(=O)C1CC2(CCC2)ON1C(=O)CNC(=O)C1CC1. The van der Waals surface area contributed by atoms with Gasteiger partial charge in [-0.25, -0.2) is 9.86 Å². The molecule has 1 atom stereocenters. The second-order valence-corrected chi connectivity index (χ2v) is 7.02. The highest BCUT2D eigenvalue weighted by molar-refractivity contribution is 5.89. The van der Waals surface area contributed by atoms with E-state index < -0.39 is 23.5 Å². The standard InChI is InChI=1S/C15H22N2O5.C3H8.2C2H6/c1-2-21-14(20)11-8-15(6-3-7-15)22-17(11)12(18)9-16-13(19)10-4-5-10;1-3-2;2*1-2/h10-11H,2-9H2,1H3,(H,16,19);3H2,1-2H3;2*1-2H3. The van der Waals surface area contributed by atoms with Crippen LogP contribution >= 0.6 is 0 Å². The smallest absolute Gasteiger partial charge is 0.331 e. The number of hydrogen-bond acceptors (Lipinski definition) is 5. The Bertz CT molecular complexity index is 501.